The third kappa shape index (κ3) is 4.14. The van der Waals surface area contributed by atoms with Crippen LogP contribution >= 0.6 is 15.9 Å². The fourth-order valence-corrected chi connectivity index (χ4v) is 6.70. The van der Waals surface area contributed by atoms with Crippen molar-refractivity contribution in [1.82, 2.24) is 9.21 Å². The second-order valence-electron chi connectivity index (χ2n) is 7.93. The molecule has 2 aliphatic rings. The number of nitro groups is 1. The molecule has 166 valence electrons. The molecule has 2 fully saturated rings. The Balaban J connectivity index is 1.68. The Labute approximate surface area is 189 Å². The number of hydrogen-bond acceptors (Lipinski definition) is 6. The zero-order valence-electron chi connectivity index (χ0n) is 16.8. The highest BCUT2D eigenvalue weighted by atomic mass is 79.9. The molecule has 1 N–H and O–H groups in total. The SMILES string of the molecule is O=[N+]([O-])c1ccccc1S(=O)(=O)N1CCCCN2[C@H](CO)[C@H](c3ccc(Br)cc3)[C@H]2C1. The molecular weight excluding hydrogens is 486 g/mol. The van der Waals surface area contributed by atoms with Gasteiger partial charge in [-0.2, -0.15) is 4.31 Å². The fourth-order valence-electron chi connectivity index (χ4n) is 4.78. The van der Waals surface area contributed by atoms with Crippen LogP contribution in [0.15, 0.2) is 57.9 Å². The molecule has 2 heterocycles. The summed E-state index contributed by atoms with van der Waals surface area (Å²) in [5.74, 6) is -0.0142. The van der Waals surface area contributed by atoms with Gasteiger partial charge in [0.25, 0.3) is 5.69 Å². The summed E-state index contributed by atoms with van der Waals surface area (Å²) < 4.78 is 29.2. The van der Waals surface area contributed by atoms with E-state index < -0.39 is 20.6 Å². The molecule has 2 aromatic carbocycles. The van der Waals surface area contributed by atoms with Gasteiger partial charge in [0.2, 0.25) is 10.0 Å². The van der Waals surface area contributed by atoms with Crippen molar-refractivity contribution in [2.75, 3.05) is 26.2 Å². The molecule has 2 saturated heterocycles. The molecule has 10 heteroatoms. The average molecular weight is 510 g/mol. The van der Waals surface area contributed by atoms with Crippen LogP contribution in [0.4, 0.5) is 5.69 Å². The molecule has 0 saturated carbocycles. The van der Waals surface area contributed by atoms with E-state index in [1.807, 2.05) is 24.3 Å². The Morgan fingerprint density at radius 1 is 1.10 bits per heavy atom. The number of halogens is 1. The third-order valence-electron chi connectivity index (χ3n) is 6.27. The Morgan fingerprint density at radius 3 is 2.45 bits per heavy atom. The number of aliphatic hydroxyl groups excluding tert-OH is 1. The minimum absolute atomic E-state index is 0.00582. The van der Waals surface area contributed by atoms with Crippen molar-refractivity contribution >= 4 is 31.6 Å². The van der Waals surface area contributed by atoms with E-state index in [0.29, 0.717) is 13.0 Å². The highest BCUT2D eigenvalue weighted by Crippen LogP contribution is 2.43. The normalized spacial score (nSPS) is 25.2. The van der Waals surface area contributed by atoms with Gasteiger partial charge in [-0.3, -0.25) is 15.0 Å². The summed E-state index contributed by atoms with van der Waals surface area (Å²) in [5, 5.41) is 21.4. The molecule has 31 heavy (non-hydrogen) atoms. The zero-order valence-corrected chi connectivity index (χ0v) is 19.2. The number of aliphatic hydroxyl groups is 1. The van der Waals surface area contributed by atoms with Crippen molar-refractivity contribution in [3.8, 4) is 0 Å². The lowest BCUT2D eigenvalue weighted by Crippen LogP contribution is -2.67. The molecule has 3 atom stereocenters. The number of rotatable bonds is 5. The van der Waals surface area contributed by atoms with Gasteiger partial charge in [-0.1, -0.05) is 40.2 Å². The van der Waals surface area contributed by atoms with Crippen LogP contribution in [-0.2, 0) is 10.0 Å². The summed E-state index contributed by atoms with van der Waals surface area (Å²) in [4.78, 5) is 12.7. The molecular formula is C21H24BrN3O5S. The Morgan fingerprint density at radius 2 is 1.77 bits per heavy atom. The highest BCUT2D eigenvalue weighted by Gasteiger charge is 2.50. The maximum absolute atomic E-state index is 13.4. The Hall–Kier alpha value is -1.85. The standard InChI is InChI=1S/C21H24BrN3O5S/c22-16-9-7-15(8-10-16)21-18-13-23(11-3-4-12-24(18)19(21)14-26)31(29,30)20-6-2-1-5-17(20)25(27)28/h1-2,5-10,18-19,21,26H,3-4,11-14H2/t18-,19-,21-/m1/s1. The van der Waals surface area contributed by atoms with Crippen LogP contribution in [0.1, 0.15) is 24.3 Å². The molecule has 0 unspecified atom stereocenters. The molecule has 0 aliphatic carbocycles. The minimum Gasteiger partial charge on any atom is -0.395 e. The molecule has 8 nitrogen and oxygen atoms in total. The molecule has 0 radical (unpaired) electrons. The lowest BCUT2D eigenvalue weighted by Gasteiger charge is -2.57. The topological polar surface area (TPSA) is 104 Å². The van der Waals surface area contributed by atoms with Crippen LogP contribution in [0, 0.1) is 10.1 Å². The van der Waals surface area contributed by atoms with Crippen molar-refractivity contribution in [3.05, 3.63) is 68.7 Å². The summed E-state index contributed by atoms with van der Waals surface area (Å²) in [5.41, 5.74) is 0.639. The van der Waals surface area contributed by atoms with Crippen molar-refractivity contribution in [3.63, 3.8) is 0 Å². The zero-order chi connectivity index (χ0) is 22.2. The van der Waals surface area contributed by atoms with Crippen molar-refractivity contribution in [2.24, 2.45) is 0 Å². The van der Waals surface area contributed by atoms with Crippen molar-refractivity contribution in [1.29, 1.82) is 0 Å². The van der Waals surface area contributed by atoms with Crippen LogP contribution in [0.3, 0.4) is 0 Å². The number of hydrogen-bond donors (Lipinski definition) is 1. The van der Waals surface area contributed by atoms with Crippen LogP contribution in [0.5, 0.6) is 0 Å². The smallest absolute Gasteiger partial charge is 0.289 e. The van der Waals surface area contributed by atoms with Gasteiger partial charge in [0, 0.05) is 41.6 Å². The largest absolute Gasteiger partial charge is 0.395 e. The first-order chi connectivity index (χ1) is 14.8. The van der Waals surface area contributed by atoms with Gasteiger partial charge in [-0.05, 0) is 43.1 Å². The molecule has 0 bridgehead atoms. The Bertz CT molecular complexity index is 1060. The van der Waals surface area contributed by atoms with Gasteiger partial charge in [0.15, 0.2) is 4.90 Å². The first-order valence-electron chi connectivity index (χ1n) is 10.2. The first kappa shape index (κ1) is 22.3. The van der Waals surface area contributed by atoms with Crippen molar-refractivity contribution < 1.29 is 18.4 Å². The summed E-state index contributed by atoms with van der Waals surface area (Å²) in [6.07, 6.45) is 1.45. The van der Waals surface area contributed by atoms with Gasteiger partial charge >= 0.3 is 0 Å². The molecule has 0 amide bonds. The predicted molar refractivity (Wildman–Crippen MR) is 119 cm³/mol. The van der Waals surface area contributed by atoms with E-state index in [1.54, 1.807) is 0 Å². The van der Waals surface area contributed by atoms with Gasteiger partial charge in [-0.25, -0.2) is 8.42 Å². The number of nitro benzene ring substituents is 1. The highest BCUT2D eigenvalue weighted by molar-refractivity contribution is 9.10. The number of fused-ring (bicyclic) bond motifs is 1. The average Bonchev–Trinajstić information content (AvgIpc) is 2.73. The van der Waals surface area contributed by atoms with E-state index in [2.05, 4.69) is 20.8 Å². The van der Waals surface area contributed by atoms with Crippen molar-refractivity contribution in [2.45, 2.75) is 35.7 Å². The molecule has 2 aromatic rings. The van der Waals surface area contributed by atoms with Crippen LogP contribution < -0.4 is 0 Å². The lowest BCUT2D eigenvalue weighted by atomic mass is 9.74. The van der Waals surface area contributed by atoms with Gasteiger partial charge in [-0.15, -0.1) is 0 Å². The van der Waals surface area contributed by atoms with E-state index in [-0.39, 0.29) is 36.0 Å². The fraction of sp³-hybridized carbons (Fsp3) is 0.429. The summed E-state index contributed by atoms with van der Waals surface area (Å²) in [6, 6.07) is 13.2. The predicted octanol–water partition coefficient (Wildman–Crippen LogP) is 2.97. The first-order valence-corrected chi connectivity index (χ1v) is 12.4. The third-order valence-corrected chi connectivity index (χ3v) is 8.71. The second-order valence-corrected chi connectivity index (χ2v) is 10.7. The van der Waals surface area contributed by atoms with E-state index >= 15 is 0 Å². The molecule has 4 rings (SSSR count). The van der Waals surface area contributed by atoms with E-state index in [0.717, 1.165) is 23.0 Å². The summed E-state index contributed by atoms with van der Waals surface area (Å²) in [7, 11) is -4.04. The van der Waals surface area contributed by atoms with E-state index in [4.69, 9.17) is 0 Å². The quantitative estimate of drug-likeness (QED) is 0.490. The maximum atomic E-state index is 13.4. The molecule has 0 aromatic heterocycles. The number of para-hydroxylation sites is 1. The van der Waals surface area contributed by atoms with E-state index in [1.165, 1.54) is 28.6 Å². The number of nitrogens with zero attached hydrogens (tertiary/aromatic N) is 3. The molecule has 2 aliphatic heterocycles. The second kappa shape index (κ2) is 8.95. The minimum atomic E-state index is -4.04. The van der Waals surface area contributed by atoms with Gasteiger partial charge in [0.05, 0.1) is 11.5 Å². The summed E-state index contributed by atoms with van der Waals surface area (Å²) >= 11 is 3.44. The number of sulfonamides is 1. The Kier molecular flexibility index (Phi) is 6.45. The van der Waals surface area contributed by atoms with Crippen LogP contribution in [-0.4, -0.2) is 66.0 Å². The monoisotopic (exact) mass is 509 g/mol. The maximum Gasteiger partial charge on any atom is 0.289 e. The van der Waals surface area contributed by atoms with Gasteiger partial charge in [0.1, 0.15) is 0 Å². The van der Waals surface area contributed by atoms with Crippen LogP contribution in [0.2, 0.25) is 0 Å². The number of benzene rings is 2. The summed E-state index contributed by atoms with van der Waals surface area (Å²) in [6.45, 7) is 1.33. The van der Waals surface area contributed by atoms with Crippen LogP contribution in [0.25, 0.3) is 0 Å². The molecule has 0 spiro atoms. The lowest BCUT2D eigenvalue weighted by molar-refractivity contribution is -0.387. The van der Waals surface area contributed by atoms with E-state index in [9.17, 15) is 23.6 Å². The van der Waals surface area contributed by atoms with Gasteiger partial charge < -0.3 is 5.11 Å².